The molecule has 0 unspecified atom stereocenters. The second kappa shape index (κ2) is 6.26. The minimum absolute atomic E-state index is 0.113. The second-order valence-corrected chi connectivity index (χ2v) is 6.38. The minimum atomic E-state index is -0.748. The smallest absolute Gasteiger partial charge is 0.283 e. The molecule has 0 spiro atoms. The summed E-state index contributed by atoms with van der Waals surface area (Å²) in [4.78, 5) is 12.2. The van der Waals surface area contributed by atoms with Gasteiger partial charge in [-0.3, -0.25) is 4.79 Å². The standard InChI is InChI=1S/C14H22BrN3O2/c1-3-14(20,4-2)9-16-11-7-17-18(8-10-5-6-10)13(19)12(11)15/h7,10,16,20H,3-6,8-9H2,1-2H3. The molecule has 1 aliphatic rings. The van der Waals surface area contributed by atoms with Gasteiger partial charge in [0.05, 0.1) is 17.5 Å². The molecule has 0 bridgehead atoms. The van der Waals surface area contributed by atoms with Crippen LogP contribution in [0.1, 0.15) is 39.5 Å². The SMILES string of the molecule is CCC(O)(CC)CNc1cnn(CC2CC2)c(=O)c1Br. The zero-order valence-electron chi connectivity index (χ0n) is 12.0. The number of hydrogen-bond acceptors (Lipinski definition) is 4. The molecule has 2 rings (SSSR count). The Hall–Kier alpha value is -0.880. The van der Waals surface area contributed by atoms with Gasteiger partial charge in [0.1, 0.15) is 4.47 Å². The molecule has 0 aromatic carbocycles. The highest BCUT2D eigenvalue weighted by molar-refractivity contribution is 9.10. The molecule has 0 radical (unpaired) electrons. The summed E-state index contributed by atoms with van der Waals surface area (Å²) >= 11 is 3.34. The molecule has 1 saturated carbocycles. The van der Waals surface area contributed by atoms with E-state index >= 15 is 0 Å². The quantitative estimate of drug-likeness (QED) is 0.797. The van der Waals surface area contributed by atoms with Crippen molar-refractivity contribution in [2.75, 3.05) is 11.9 Å². The van der Waals surface area contributed by atoms with Crippen molar-refractivity contribution in [3.8, 4) is 0 Å². The van der Waals surface area contributed by atoms with Crippen molar-refractivity contribution in [2.24, 2.45) is 5.92 Å². The van der Waals surface area contributed by atoms with Crippen LogP contribution in [0.2, 0.25) is 0 Å². The Morgan fingerprint density at radius 1 is 1.50 bits per heavy atom. The average molecular weight is 344 g/mol. The van der Waals surface area contributed by atoms with Gasteiger partial charge in [0, 0.05) is 13.1 Å². The maximum atomic E-state index is 12.2. The highest BCUT2D eigenvalue weighted by Crippen LogP contribution is 2.30. The van der Waals surface area contributed by atoms with E-state index in [1.807, 2.05) is 13.8 Å². The normalized spacial score (nSPS) is 15.4. The fraction of sp³-hybridized carbons (Fsp3) is 0.714. The molecule has 1 aromatic heterocycles. The second-order valence-electron chi connectivity index (χ2n) is 5.59. The minimum Gasteiger partial charge on any atom is -0.388 e. The van der Waals surface area contributed by atoms with Crippen LogP contribution in [0.4, 0.5) is 5.69 Å². The molecule has 0 amide bonds. The molecule has 1 heterocycles. The number of rotatable bonds is 7. The van der Waals surface area contributed by atoms with Gasteiger partial charge in [0.25, 0.3) is 5.56 Å². The monoisotopic (exact) mass is 343 g/mol. The van der Waals surface area contributed by atoms with Crippen LogP contribution in [-0.4, -0.2) is 27.0 Å². The van der Waals surface area contributed by atoms with Crippen LogP contribution in [0.25, 0.3) is 0 Å². The summed E-state index contributed by atoms with van der Waals surface area (Å²) < 4.78 is 2.00. The van der Waals surface area contributed by atoms with Crippen molar-refractivity contribution in [3.05, 3.63) is 21.0 Å². The molecule has 1 aliphatic carbocycles. The van der Waals surface area contributed by atoms with Crippen molar-refractivity contribution in [1.29, 1.82) is 0 Å². The lowest BCUT2D eigenvalue weighted by Crippen LogP contribution is -2.36. The maximum Gasteiger partial charge on any atom is 0.283 e. The molecule has 0 atom stereocenters. The highest BCUT2D eigenvalue weighted by Gasteiger charge is 2.24. The van der Waals surface area contributed by atoms with Crippen LogP contribution in [0.5, 0.6) is 0 Å². The first kappa shape index (κ1) is 15.5. The summed E-state index contributed by atoms with van der Waals surface area (Å²) in [7, 11) is 0. The van der Waals surface area contributed by atoms with Gasteiger partial charge in [-0.25, -0.2) is 4.68 Å². The number of anilines is 1. The van der Waals surface area contributed by atoms with Crippen LogP contribution in [-0.2, 0) is 6.54 Å². The molecule has 0 saturated heterocycles. The third kappa shape index (κ3) is 3.61. The van der Waals surface area contributed by atoms with E-state index in [0.29, 0.717) is 42.0 Å². The van der Waals surface area contributed by atoms with E-state index in [1.165, 1.54) is 17.5 Å². The van der Waals surface area contributed by atoms with E-state index in [2.05, 4.69) is 26.3 Å². The largest absolute Gasteiger partial charge is 0.388 e. The number of aromatic nitrogens is 2. The van der Waals surface area contributed by atoms with Gasteiger partial charge in [-0.15, -0.1) is 0 Å². The fourth-order valence-corrected chi connectivity index (χ4v) is 2.47. The molecular weight excluding hydrogens is 322 g/mol. The van der Waals surface area contributed by atoms with E-state index in [-0.39, 0.29) is 5.56 Å². The number of aliphatic hydroxyl groups is 1. The number of nitrogens with one attached hydrogen (secondary N) is 1. The van der Waals surface area contributed by atoms with Gasteiger partial charge in [0.2, 0.25) is 0 Å². The van der Waals surface area contributed by atoms with E-state index in [0.717, 1.165) is 0 Å². The predicted molar refractivity (Wildman–Crippen MR) is 82.9 cm³/mol. The zero-order valence-corrected chi connectivity index (χ0v) is 13.6. The van der Waals surface area contributed by atoms with Crippen molar-refractivity contribution in [1.82, 2.24) is 9.78 Å². The molecule has 20 heavy (non-hydrogen) atoms. The molecule has 6 heteroatoms. The van der Waals surface area contributed by atoms with Crippen molar-refractivity contribution >= 4 is 21.6 Å². The summed E-state index contributed by atoms with van der Waals surface area (Å²) in [5.41, 5.74) is -0.219. The Bertz CT molecular complexity index is 522. The van der Waals surface area contributed by atoms with Crippen molar-refractivity contribution in [2.45, 2.75) is 51.7 Å². The Morgan fingerprint density at radius 2 is 2.15 bits per heavy atom. The van der Waals surface area contributed by atoms with Crippen LogP contribution >= 0.6 is 15.9 Å². The van der Waals surface area contributed by atoms with Crippen molar-refractivity contribution < 1.29 is 5.11 Å². The summed E-state index contributed by atoms with van der Waals surface area (Å²) in [5, 5.41) is 17.6. The van der Waals surface area contributed by atoms with Gasteiger partial charge in [-0.1, -0.05) is 13.8 Å². The fourth-order valence-electron chi connectivity index (χ4n) is 2.02. The summed E-state index contributed by atoms with van der Waals surface area (Å²) in [6, 6.07) is 0. The van der Waals surface area contributed by atoms with Gasteiger partial charge in [-0.2, -0.15) is 5.10 Å². The summed E-state index contributed by atoms with van der Waals surface area (Å²) in [6.07, 6.45) is 5.36. The van der Waals surface area contributed by atoms with Crippen molar-refractivity contribution in [3.63, 3.8) is 0 Å². The first-order valence-electron chi connectivity index (χ1n) is 7.21. The molecule has 1 aromatic rings. The van der Waals surface area contributed by atoms with Gasteiger partial charge in [0.15, 0.2) is 0 Å². The zero-order chi connectivity index (χ0) is 14.8. The molecule has 112 valence electrons. The molecule has 2 N–H and O–H groups in total. The molecule has 5 nitrogen and oxygen atoms in total. The lowest BCUT2D eigenvalue weighted by atomic mass is 9.97. The molecule has 1 fully saturated rings. The molecule has 0 aliphatic heterocycles. The first-order valence-corrected chi connectivity index (χ1v) is 8.00. The number of hydrogen-bond donors (Lipinski definition) is 2. The Balaban J connectivity index is 2.09. The highest BCUT2D eigenvalue weighted by atomic mass is 79.9. The average Bonchev–Trinajstić information content (AvgIpc) is 3.27. The van der Waals surface area contributed by atoms with Crippen LogP contribution in [0.15, 0.2) is 15.5 Å². The van der Waals surface area contributed by atoms with Gasteiger partial charge in [-0.05, 0) is 47.5 Å². The van der Waals surface area contributed by atoms with E-state index in [1.54, 1.807) is 6.20 Å². The summed E-state index contributed by atoms with van der Waals surface area (Å²) in [6.45, 7) is 5.01. The summed E-state index contributed by atoms with van der Waals surface area (Å²) in [5.74, 6) is 0.608. The van der Waals surface area contributed by atoms with Crippen LogP contribution in [0, 0.1) is 5.92 Å². The number of nitrogens with zero attached hydrogens (tertiary/aromatic N) is 2. The Morgan fingerprint density at radius 3 is 2.70 bits per heavy atom. The Labute approximate surface area is 127 Å². The van der Waals surface area contributed by atoms with E-state index in [9.17, 15) is 9.90 Å². The van der Waals surface area contributed by atoms with E-state index < -0.39 is 5.60 Å². The van der Waals surface area contributed by atoms with Crippen LogP contribution < -0.4 is 10.9 Å². The first-order chi connectivity index (χ1) is 9.49. The molecular formula is C14H22BrN3O2. The Kier molecular flexibility index (Phi) is 4.86. The number of halogens is 1. The predicted octanol–water partition coefficient (Wildman–Crippen LogP) is 2.38. The van der Waals surface area contributed by atoms with Crippen LogP contribution in [0.3, 0.4) is 0 Å². The maximum absolute atomic E-state index is 12.2. The lowest BCUT2D eigenvalue weighted by Gasteiger charge is -2.26. The van der Waals surface area contributed by atoms with Gasteiger partial charge >= 0.3 is 0 Å². The third-order valence-electron chi connectivity index (χ3n) is 4.04. The topological polar surface area (TPSA) is 67.2 Å². The van der Waals surface area contributed by atoms with Gasteiger partial charge < -0.3 is 10.4 Å². The van der Waals surface area contributed by atoms with E-state index in [4.69, 9.17) is 0 Å². The third-order valence-corrected chi connectivity index (χ3v) is 4.80. The lowest BCUT2D eigenvalue weighted by molar-refractivity contribution is 0.0457.